The van der Waals surface area contributed by atoms with E-state index in [0.29, 0.717) is 25.7 Å². The quantitative estimate of drug-likeness (QED) is 0.378. The Morgan fingerprint density at radius 2 is 1.80 bits per heavy atom. The molecule has 0 spiro atoms. The molecular formula is C26H38N2O7. The molecule has 2 amide bonds. The Hall–Kier alpha value is -3.10. The average Bonchev–Trinajstić information content (AvgIpc) is 2.80. The number of aliphatic carboxylic acids is 1. The van der Waals surface area contributed by atoms with E-state index in [2.05, 4.69) is 0 Å². The highest BCUT2D eigenvalue weighted by Gasteiger charge is 2.43. The number of hydrogen-bond donors (Lipinski definition) is 1. The number of amides is 2. The molecule has 2 rings (SSSR count). The predicted octanol–water partition coefficient (Wildman–Crippen LogP) is 4.54. The zero-order valence-corrected chi connectivity index (χ0v) is 21.2. The van der Waals surface area contributed by atoms with Crippen molar-refractivity contribution < 1.29 is 33.8 Å². The minimum absolute atomic E-state index is 0.00404. The van der Waals surface area contributed by atoms with Gasteiger partial charge in [-0.05, 0) is 45.6 Å². The summed E-state index contributed by atoms with van der Waals surface area (Å²) in [4.78, 5) is 51.2. The number of ether oxygens (including phenoxy) is 2. The lowest BCUT2D eigenvalue weighted by molar-refractivity contribution is -0.181. The number of carbonyl (C=O) groups excluding carboxylic acids is 3. The zero-order valence-electron chi connectivity index (χ0n) is 21.2. The fourth-order valence-electron chi connectivity index (χ4n) is 3.96. The van der Waals surface area contributed by atoms with Gasteiger partial charge in [-0.2, -0.15) is 0 Å². The van der Waals surface area contributed by atoms with Gasteiger partial charge in [0, 0.05) is 13.0 Å². The summed E-state index contributed by atoms with van der Waals surface area (Å²) in [5, 5.41) is 11.9. The normalized spacial score (nSPS) is 17.0. The molecule has 35 heavy (non-hydrogen) atoms. The van der Waals surface area contributed by atoms with E-state index < -0.39 is 41.5 Å². The van der Waals surface area contributed by atoms with Crippen LogP contribution in [0.25, 0.3) is 0 Å². The number of carboxylic acid groups (broad SMARTS) is 1. The van der Waals surface area contributed by atoms with E-state index in [9.17, 15) is 24.3 Å². The van der Waals surface area contributed by atoms with Crippen molar-refractivity contribution >= 4 is 23.9 Å². The molecule has 9 nitrogen and oxygen atoms in total. The largest absolute Gasteiger partial charge is 0.481 e. The van der Waals surface area contributed by atoms with Gasteiger partial charge in [-0.3, -0.25) is 9.59 Å². The van der Waals surface area contributed by atoms with Crippen molar-refractivity contribution in [2.45, 2.75) is 90.9 Å². The summed E-state index contributed by atoms with van der Waals surface area (Å²) in [6, 6.07) is 8.07. The fraction of sp³-hybridized carbons (Fsp3) is 0.615. The lowest BCUT2D eigenvalue weighted by atomic mass is 9.96. The molecule has 0 radical (unpaired) electrons. The molecule has 0 unspecified atom stereocenters. The molecule has 9 heteroatoms. The number of rotatable bonds is 10. The number of hydrogen-bond acceptors (Lipinski definition) is 6. The van der Waals surface area contributed by atoms with E-state index in [-0.39, 0.29) is 19.6 Å². The number of nitrogens with zero attached hydrogens (tertiary/aromatic N) is 2. The second-order valence-electron chi connectivity index (χ2n) is 9.83. The van der Waals surface area contributed by atoms with E-state index in [1.807, 2.05) is 37.3 Å². The SMILES string of the molecule is CCCCC[C@@H](CC(=O)N1[C@H](C(=O)OC(C)(C)C)CCCN1C(=O)OCc1ccccc1)C(=O)O. The van der Waals surface area contributed by atoms with Crippen LogP contribution in [0.2, 0.25) is 0 Å². The number of esters is 1. The summed E-state index contributed by atoms with van der Waals surface area (Å²) < 4.78 is 11.0. The Morgan fingerprint density at radius 1 is 1.11 bits per heavy atom. The Kier molecular flexibility index (Phi) is 10.5. The molecule has 0 aliphatic carbocycles. The van der Waals surface area contributed by atoms with Gasteiger partial charge in [-0.15, -0.1) is 0 Å². The number of carboxylic acids is 1. The van der Waals surface area contributed by atoms with Gasteiger partial charge in [0.15, 0.2) is 6.04 Å². The smallest absolute Gasteiger partial charge is 0.429 e. The van der Waals surface area contributed by atoms with Crippen LogP contribution in [0, 0.1) is 5.92 Å². The summed E-state index contributed by atoms with van der Waals surface area (Å²) >= 11 is 0. The van der Waals surface area contributed by atoms with Crippen molar-refractivity contribution in [3.05, 3.63) is 35.9 Å². The molecule has 1 heterocycles. The highest BCUT2D eigenvalue weighted by Crippen LogP contribution is 2.26. The number of unbranched alkanes of at least 4 members (excludes halogenated alkanes) is 2. The molecule has 0 bridgehead atoms. The number of carbonyl (C=O) groups is 4. The van der Waals surface area contributed by atoms with E-state index in [1.165, 1.54) is 0 Å². The molecule has 0 saturated carbocycles. The van der Waals surface area contributed by atoms with E-state index in [0.717, 1.165) is 28.4 Å². The maximum atomic E-state index is 13.4. The van der Waals surface area contributed by atoms with Crippen molar-refractivity contribution in [3.8, 4) is 0 Å². The van der Waals surface area contributed by atoms with Crippen molar-refractivity contribution in [3.63, 3.8) is 0 Å². The summed E-state index contributed by atoms with van der Waals surface area (Å²) in [7, 11) is 0. The highest BCUT2D eigenvalue weighted by atomic mass is 16.6. The van der Waals surface area contributed by atoms with Gasteiger partial charge in [0.2, 0.25) is 5.91 Å². The van der Waals surface area contributed by atoms with Gasteiger partial charge in [0.05, 0.1) is 5.92 Å². The molecule has 2 atom stereocenters. The van der Waals surface area contributed by atoms with Crippen LogP contribution in [0.5, 0.6) is 0 Å². The van der Waals surface area contributed by atoms with Crippen LogP contribution in [0.1, 0.15) is 78.2 Å². The number of benzene rings is 1. The Bertz CT molecular complexity index is 866. The maximum Gasteiger partial charge on any atom is 0.429 e. The second kappa shape index (κ2) is 13.1. The third-order valence-corrected chi connectivity index (χ3v) is 5.68. The van der Waals surface area contributed by atoms with Crippen molar-refractivity contribution in [1.82, 2.24) is 10.0 Å². The Balaban J connectivity index is 2.25. The molecule has 1 aromatic carbocycles. The summed E-state index contributed by atoms with van der Waals surface area (Å²) in [5.74, 6) is -3.22. The molecule has 1 aliphatic rings. The molecular weight excluding hydrogens is 452 g/mol. The van der Waals surface area contributed by atoms with E-state index in [4.69, 9.17) is 9.47 Å². The monoisotopic (exact) mass is 490 g/mol. The fourth-order valence-corrected chi connectivity index (χ4v) is 3.96. The Labute approximate surface area is 207 Å². The summed E-state index contributed by atoms with van der Waals surface area (Å²) in [6.07, 6.45) is 2.49. The molecule has 1 aliphatic heterocycles. The lowest BCUT2D eigenvalue weighted by Crippen LogP contribution is -2.61. The second-order valence-corrected chi connectivity index (χ2v) is 9.83. The van der Waals surface area contributed by atoms with Crippen molar-refractivity contribution in [2.75, 3.05) is 6.54 Å². The Morgan fingerprint density at radius 3 is 2.40 bits per heavy atom. The first-order chi connectivity index (χ1) is 16.5. The molecule has 1 fully saturated rings. The maximum absolute atomic E-state index is 13.4. The summed E-state index contributed by atoms with van der Waals surface area (Å²) in [6.45, 7) is 7.36. The van der Waals surface area contributed by atoms with Gasteiger partial charge >= 0.3 is 18.0 Å². The molecule has 1 N–H and O–H groups in total. The van der Waals surface area contributed by atoms with E-state index in [1.54, 1.807) is 20.8 Å². The lowest BCUT2D eigenvalue weighted by Gasteiger charge is -2.43. The molecule has 1 saturated heterocycles. The number of hydrazine groups is 1. The van der Waals surface area contributed by atoms with Crippen LogP contribution in [0.15, 0.2) is 30.3 Å². The average molecular weight is 491 g/mol. The predicted molar refractivity (Wildman–Crippen MR) is 129 cm³/mol. The minimum Gasteiger partial charge on any atom is -0.481 e. The van der Waals surface area contributed by atoms with Crippen LogP contribution in [0.3, 0.4) is 0 Å². The van der Waals surface area contributed by atoms with Gasteiger partial charge in [0.25, 0.3) is 0 Å². The van der Waals surface area contributed by atoms with E-state index >= 15 is 0 Å². The zero-order chi connectivity index (χ0) is 26.0. The van der Waals surface area contributed by atoms with Gasteiger partial charge in [-0.1, -0.05) is 56.5 Å². The van der Waals surface area contributed by atoms with Crippen LogP contribution in [-0.4, -0.2) is 57.3 Å². The highest BCUT2D eigenvalue weighted by molar-refractivity contribution is 5.88. The van der Waals surface area contributed by atoms with Gasteiger partial charge < -0.3 is 14.6 Å². The molecule has 1 aromatic rings. The van der Waals surface area contributed by atoms with Crippen LogP contribution in [0.4, 0.5) is 4.79 Å². The van der Waals surface area contributed by atoms with Crippen LogP contribution < -0.4 is 0 Å². The van der Waals surface area contributed by atoms with Crippen molar-refractivity contribution in [2.24, 2.45) is 5.92 Å². The standard InChI is InChI=1S/C26H38N2O7/c1-5-6-8-14-20(23(30)31)17-22(29)28-21(24(32)35-26(2,3)4)15-11-16-27(28)25(33)34-18-19-12-9-7-10-13-19/h7,9-10,12-13,20-21H,5-6,8,11,14-18H2,1-4H3,(H,30,31)/t20-,21-/m0/s1. The first kappa shape index (κ1) is 28.1. The first-order valence-electron chi connectivity index (χ1n) is 12.3. The van der Waals surface area contributed by atoms with Crippen LogP contribution in [-0.2, 0) is 30.5 Å². The first-order valence-corrected chi connectivity index (χ1v) is 12.3. The third kappa shape index (κ3) is 8.88. The third-order valence-electron chi connectivity index (χ3n) is 5.68. The molecule has 194 valence electrons. The van der Waals surface area contributed by atoms with Crippen LogP contribution >= 0.6 is 0 Å². The topological polar surface area (TPSA) is 113 Å². The molecule has 0 aromatic heterocycles. The minimum atomic E-state index is -1.07. The van der Waals surface area contributed by atoms with Crippen molar-refractivity contribution in [1.29, 1.82) is 0 Å². The van der Waals surface area contributed by atoms with Gasteiger partial charge in [0.1, 0.15) is 12.2 Å². The van der Waals surface area contributed by atoms with Gasteiger partial charge in [-0.25, -0.2) is 19.6 Å². The summed E-state index contributed by atoms with van der Waals surface area (Å²) in [5.41, 5.74) is -0.00709.